The van der Waals surface area contributed by atoms with Gasteiger partial charge in [0.2, 0.25) is 0 Å². The summed E-state index contributed by atoms with van der Waals surface area (Å²) in [7, 11) is 0. The maximum atomic E-state index is 13.0. The summed E-state index contributed by atoms with van der Waals surface area (Å²) in [6.45, 7) is 5.32. The standard InChI is InChI=1S/C20H29N3O3/c1-2-26-20(25)17-8-7-13-23(15-17)19(24)16-9-10-21-18(14-16)22-11-5-3-4-6-12-22/h9-10,14,17H,2-8,11-13,15H2,1H3. The number of ether oxygens (including phenoxy) is 1. The summed E-state index contributed by atoms with van der Waals surface area (Å²) < 4.78 is 5.13. The summed E-state index contributed by atoms with van der Waals surface area (Å²) in [5.41, 5.74) is 0.656. The van der Waals surface area contributed by atoms with E-state index in [0.717, 1.165) is 31.7 Å². The molecule has 0 spiro atoms. The van der Waals surface area contributed by atoms with Gasteiger partial charge in [-0.05, 0) is 44.7 Å². The monoisotopic (exact) mass is 359 g/mol. The van der Waals surface area contributed by atoms with Crippen molar-refractivity contribution < 1.29 is 14.3 Å². The Bertz CT molecular complexity index is 626. The molecular formula is C20H29N3O3. The van der Waals surface area contributed by atoms with Gasteiger partial charge in [0.05, 0.1) is 12.5 Å². The van der Waals surface area contributed by atoms with Gasteiger partial charge in [-0.3, -0.25) is 9.59 Å². The van der Waals surface area contributed by atoms with Crippen molar-refractivity contribution >= 4 is 17.7 Å². The highest BCUT2D eigenvalue weighted by molar-refractivity contribution is 5.95. The number of amides is 1. The highest BCUT2D eigenvalue weighted by atomic mass is 16.5. The lowest BCUT2D eigenvalue weighted by Crippen LogP contribution is -2.42. The molecule has 1 aromatic rings. The first-order valence-corrected chi connectivity index (χ1v) is 9.86. The number of hydrogen-bond donors (Lipinski definition) is 0. The number of hydrogen-bond acceptors (Lipinski definition) is 5. The molecule has 6 nitrogen and oxygen atoms in total. The number of anilines is 1. The lowest BCUT2D eigenvalue weighted by atomic mass is 9.97. The Balaban J connectivity index is 1.69. The van der Waals surface area contributed by atoms with Crippen molar-refractivity contribution in [3.63, 3.8) is 0 Å². The Hall–Kier alpha value is -2.11. The first-order chi connectivity index (χ1) is 12.7. The van der Waals surface area contributed by atoms with Crippen molar-refractivity contribution in [2.75, 3.05) is 37.7 Å². The van der Waals surface area contributed by atoms with Crippen LogP contribution in [0.15, 0.2) is 18.3 Å². The van der Waals surface area contributed by atoms with E-state index in [9.17, 15) is 9.59 Å². The average Bonchev–Trinajstić information content (AvgIpc) is 2.97. The minimum Gasteiger partial charge on any atom is -0.466 e. The maximum Gasteiger partial charge on any atom is 0.310 e. The predicted octanol–water partition coefficient (Wildman–Crippen LogP) is 2.88. The molecule has 1 aromatic heterocycles. The summed E-state index contributed by atoms with van der Waals surface area (Å²) in [6, 6.07) is 3.68. The van der Waals surface area contributed by atoms with E-state index < -0.39 is 0 Å². The van der Waals surface area contributed by atoms with E-state index in [-0.39, 0.29) is 17.8 Å². The molecule has 2 aliphatic heterocycles. The Morgan fingerprint density at radius 1 is 1.15 bits per heavy atom. The molecule has 1 amide bonds. The second kappa shape index (κ2) is 9.01. The van der Waals surface area contributed by atoms with Gasteiger partial charge in [-0.25, -0.2) is 4.98 Å². The second-order valence-electron chi connectivity index (χ2n) is 7.15. The first-order valence-electron chi connectivity index (χ1n) is 9.86. The number of likely N-dealkylation sites (tertiary alicyclic amines) is 1. The van der Waals surface area contributed by atoms with Crippen LogP contribution >= 0.6 is 0 Å². The molecule has 0 bridgehead atoms. The molecule has 1 unspecified atom stereocenters. The van der Waals surface area contributed by atoms with Gasteiger partial charge >= 0.3 is 5.97 Å². The van der Waals surface area contributed by atoms with Crippen LogP contribution in [-0.2, 0) is 9.53 Å². The van der Waals surface area contributed by atoms with E-state index in [0.29, 0.717) is 25.3 Å². The summed E-state index contributed by atoms with van der Waals surface area (Å²) in [4.78, 5) is 33.5. The fourth-order valence-electron chi connectivity index (χ4n) is 3.82. The molecule has 142 valence electrons. The van der Waals surface area contributed by atoms with Gasteiger partial charge in [-0.2, -0.15) is 0 Å². The molecule has 0 aliphatic carbocycles. The van der Waals surface area contributed by atoms with Crippen molar-refractivity contribution in [1.82, 2.24) is 9.88 Å². The summed E-state index contributed by atoms with van der Waals surface area (Å²) >= 11 is 0. The van der Waals surface area contributed by atoms with Crippen LogP contribution in [0.4, 0.5) is 5.82 Å². The predicted molar refractivity (Wildman–Crippen MR) is 100 cm³/mol. The average molecular weight is 359 g/mol. The van der Waals surface area contributed by atoms with E-state index in [4.69, 9.17) is 4.74 Å². The third-order valence-electron chi connectivity index (χ3n) is 5.25. The van der Waals surface area contributed by atoms with Crippen LogP contribution < -0.4 is 4.90 Å². The van der Waals surface area contributed by atoms with E-state index in [2.05, 4.69) is 9.88 Å². The van der Waals surface area contributed by atoms with Gasteiger partial charge < -0.3 is 14.5 Å². The Morgan fingerprint density at radius 3 is 2.65 bits per heavy atom. The Kier molecular flexibility index (Phi) is 6.47. The molecule has 0 radical (unpaired) electrons. The molecule has 2 fully saturated rings. The van der Waals surface area contributed by atoms with Crippen LogP contribution in [0.25, 0.3) is 0 Å². The number of piperidine rings is 1. The number of rotatable bonds is 4. The molecule has 0 saturated carbocycles. The van der Waals surface area contributed by atoms with Crippen LogP contribution in [0, 0.1) is 5.92 Å². The van der Waals surface area contributed by atoms with Crippen molar-refractivity contribution in [2.45, 2.75) is 45.4 Å². The highest BCUT2D eigenvalue weighted by Gasteiger charge is 2.30. The summed E-state index contributed by atoms with van der Waals surface area (Å²) in [5, 5.41) is 0. The van der Waals surface area contributed by atoms with Gasteiger partial charge in [0, 0.05) is 37.9 Å². The third-order valence-corrected chi connectivity index (χ3v) is 5.25. The fourth-order valence-corrected chi connectivity index (χ4v) is 3.82. The smallest absolute Gasteiger partial charge is 0.310 e. The van der Waals surface area contributed by atoms with E-state index in [1.165, 1.54) is 25.7 Å². The van der Waals surface area contributed by atoms with E-state index in [1.54, 1.807) is 17.2 Å². The highest BCUT2D eigenvalue weighted by Crippen LogP contribution is 2.22. The SMILES string of the molecule is CCOC(=O)C1CCCN(C(=O)c2ccnc(N3CCCCCC3)c2)C1. The number of pyridine rings is 1. The fraction of sp³-hybridized carbons (Fsp3) is 0.650. The summed E-state index contributed by atoms with van der Waals surface area (Å²) in [5.74, 6) is 0.471. The Labute approximate surface area is 155 Å². The molecule has 2 saturated heterocycles. The zero-order valence-electron chi connectivity index (χ0n) is 15.7. The topological polar surface area (TPSA) is 62.7 Å². The quantitative estimate of drug-likeness (QED) is 0.774. The van der Waals surface area contributed by atoms with Crippen LogP contribution in [0.1, 0.15) is 55.8 Å². The van der Waals surface area contributed by atoms with Crippen LogP contribution in [-0.4, -0.2) is 54.5 Å². The van der Waals surface area contributed by atoms with Gasteiger partial charge in [-0.1, -0.05) is 12.8 Å². The minimum atomic E-state index is -0.209. The summed E-state index contributed by atoms with van der Waals surface area (Å²) in [6.07, 6.45) is 8.22. The number of carbonyl (C=O) groups excluding carboxylic acids is 2. The van der Waals surface area contributed by atoms with E-state index in [1.807, 2.05) is 13.0 Å². The second-order valence-corrected chi connectivity index (χ2v) is 7.15. The zero-order chi connectivity index (χ0) is 18.4. The molecular weight excluding hydrogens is 330 g/mol. The molecule has 2 aliphatic rings. The van der Waals surface area contributed by atoms with E-state index >= 15 is 0 Å². The maximum absolute atomic E-state index is 13.0. The molecule has 1 atom stereocenters. The third kappa shape index (κ3) is 4.54. The number of carbonyl (C=O) groups is 2. The Morgan fingerprint density at radius 2 is 1.92 bits per heavy atom. The van der Waals surface area contributed by atoms with Crippen LogP contribution in [0.2, 0.25) is 0 Å². The molecule has 3 heterocycles. The molecule has 0 aromatic carbocycles. The molecule has 6 heteroatoms. The molecule has 26 heavy (non-hydrogen) atoms. The number of esters is 1. The lowest BCUT2D eigenvalue weighted by molar-refractivity contribution is -0.149. The zero-order valence-corrected chi connectivity index (χ0v) is 15.7. The van der Waals surface area contributed by atoms with Gasteiger partial charge in [-0.15, -0.1) is 0 Å². The van der Waals surface area contributed by atoms with Gasteiger partial charge in [0.15, 0.2) is 0 Å². The van der Waals surface area contributed by atoms with Crippen molar-refractivity contribution in [2.24, 2.45) is 5.92 Å². The van der Waals surface area contributed by atoms with Crippen molar-refractivity contribution in [3.05, 3.63) is 23.9 Å². The van der Waals surface area contributed by atoms with Crippen molar-refractivity contribution in [1.29, 1.82) is 0 Å². The number of nitrogens with zero attached hydrogens (tertiary/aromatic N) is 3. The lowest BCUT2D eigenvalue weighted by Gasteiger charge is -2.31. The minimum absolute atomic E-state index is 0.0162. The normalized spacial score (nSPS) is 21.2. The molecule has 0 N–H and O–H groups in total. The van der Waals surface area contributed by atoms with Crippen LogP contribution in [0.3, 0.4) is 0 Å². The van der Waals surface area contributed by atoms with Crippen LogP contribution in [0.5, 0.6) is 0 Å². The van der Waals surface area contributed by atoms with Gasteiger partial charge in [0.25, 0.3) is 5.91 Å². The first kappa shape index (κ1) is 18.7. The largest absolute Gasteiger partial charge is 0.466 e. The van der Waals surface area contributed by atoms with Gasteiger partial charge in [0.1, 0.15) is 5.82 Å². The molecule has 3 rings (SSSR count). The number of aromatic nitrogens is 1. The van der Waals surface area contributed by atoms with Crippen molar-refractivity contribution in [3.8, 4) is 0 Å².